The third-order valence-corrected chi connectivity index (χ3v) is 5.60. The van der Waals surface area contributed by atoms with Crippen LogP contribution in [0.15, 0.2) is 0 Å². The van der Waals surface area contributed by atoms with E-state index in [1.54, 1.807) is 0 Å². The van der Waals surface area contributed by atoms with E-state index in [1.807, 2.05) is 0 Å². The Kier molecular flexibility index (Phi) is 4.44. The summed E-state index contributed by atoms with van der Waals surface area (Å²) < 4.78 is 22.7. The van der Waals surface area contributed by atoms with E-state index < -0.39 is 9.84 Å². The second kappa shape index (κ2) is 5.67. The summed E-state index contributed by atoms with van der Waals surface area (Å²) in [4.78, 5) is 2.50. The molecule has 2 aliphatic rings. The highest BCUT2D eigenvalue weighted by molar-refractivity contribution is 7.91. The lowest BCUT2D eigenvalue weighted by molar-refractivity contribution is 0.193. The Morgan fingerprint density at radius 3 is 2.41 bits per heavy atom. The molecule has 0 aliphatic carbocycles. The summed E-state index contributed by atoms with van der Waals surface area (Å²) in [7, 11) is -2.74. The van der Waals surface area contributed by atoms with E-state index >= 15 is 0 Å². The van der Waals surface area contributed by atoms with Gasteiger partial charge in [0.25, 0.3) is 0 Å². The first kappa shape index (κ1) is 13.3. The van der Waals surface area contributed by atoms with Crippen LogP contribution in [0.3, 0.4) is 0 Å². The van der Waals surface area contributed by atoms with Crippen molar-refractivity contribution in [1.82, 2.24) is 10.2 Å². The standard InChI is InChI=1S/C12H24N2O2S/c1-2-6-14-7-3-11(4-8-14)13-12-5-9-17(15,16)10-12/h11-13H,2-10H2,1H3. The smallest absolute Gasteiger partial charge is 0.151 e. The van der Waals surface area contributed by atoms with Gasteiger partial charge in [-0.05, 0) is 45.3 Å². The molecular weight excluding hydrogens is 236 g/mol. The molecule has 0 bridgehead atoms. The zero-order valence-electron chi connectivity index (χ0n) is 10.7. The molecule has 0 spiro atoms. The van der Waals surface area contributed by atoms with Gasteiger partial charge in [-0.2, -0.15) is 0 Å². The molecule has 2 fully saturated rings. The molecule has 0 amide bonds. The van der Waals surface area contributed by atoms with E-state index in [1.165, 1.54) is 13.0 Å². The van der Waals surface area contributed by atoms with Crippen LogP contribution in [0.5, 0.6) is 0 Å². The molecule has 1 unspecified atom stereocenters. The zero-order valence-corrected chi connectivity index (χ0v) is 11.5. The number of piperidine rings is 1. The van der Waals surface area contributed by atoms with Gasteiger partial charge in [-0.3, -0.25) is 0 Å². The van der Waals surface area contributed by atoms with E-state index in [9.17, 15) is 8.42 Å². The fourth-order valence-electron chi connectivity index (χ4n) is 2.90. The van der Waals surface area contributed by atoms with Crippen molar-refractivity contribution < 1.29 is 8.42 Å². The average Bonchev–Trinajstić information content (AvgIpc) is 2.61. The molecular formula is C12H24N2O2S. The molecule has 2 heterocycles. The summed E-state index contributed by atoms with van der Waals surface area (Å²) in [5.74, 6) is 0.724. The Labute approximate surface area is 105 Å². The van der Waals surface area contributed by atoms with Crippen LogP contribution in [-0.2, 0) is 9.84 Å². The van der Waals surface area contributed by atoms with Crippen molar-refractivity contribution in [1.29, 1.82) is 0 Å². The molecule has 2 aliphatic heterocycles. The molecule has 0 radical (unpaired) electrons. The summed E-state index contributed by atoms with van der Waals surface area (Å²) in [6, 6.07) is 0.740. The van der Waals surface area contributed by atoms with Gasteiger partial charge in [-0.25, -0.2) is 8.42 Å². The van der Waals surface area contributed by atoms with E-state index in [2.05, 4.69) is 17.1 Å². The van der Waals surface area contributed by atoms with Gasteiger partial charge in [0, 0.05) is 12.1 Å². The summed E-state index contributed by atoms with van der Waals surface area (Å²) in [5, 5.41) is 3.53. The molecule has 0 aromatic carbocycles. The molecule has 2 rings (SSSR count). The molecule has 1 atom stereocenters. The Bertz CT molecular complexity index is 334. The lowest BCUT2D eigenvalue weighted by Crippen LogP contribution is -2.46. The van der Waals surface area contributed by atoms with Gasteiger partial charge in [-0.15, -0.1) is 0 Å². The topological polar surface area (TPSA) is 49.4 Å². The highest BCUT2D eigenvalue weighted by Gasteiger charge is 2.30. The second-order valence-electron chi connectivity index (χ2n) is 5.38. The first-order valence-electron chi connectivity index (χ1n) is 6.78. The van der Waals surface area contributed by atoms with Gasteiger partial charge in [0.2, 0.25) is 0 Å². The predicted molar refractivity (Wildman–Crippen MR) is 69.9 cm³/mol. The minimum atomic E-state index is -2.74. The summed E-state index contributed by atoms with van der Waals surface area (Å²) in [6.45, 7) is 5.73. The third kappa shape index (κ3) is 3.93. The van der Waals surface area contributed by atoms with Gasteiger partial charge >= 0.3 is 0 Å². The highest BCUT2D eigenvalue weighted by atomic mass is 32.2. The first-order chi connectivity index (χ1) is 8.09. The lowest BCUT2D eigenvalue weighted by Gasteiger charge is -2.33. The number of likely N-dealkylation sites (tertiary alicyclic amines) is 1. The van der Waals surface area contributed by atoms with Crippen molar-refractivity contribution >= 4 is 9.84 Å². The normalized spacial score (nSPS) is 30.8. The van der Waals surface area contributed by atoms with E-state index in [4.69, 9.17) is 0 Å². The largest absolute Gasteiger partial charge is 0.310 e. The Hall–Kier alpha value is -0.130. The monoisotopic (exact) mass is 260 g/mol. The molecule has 100 valence electrons. The first-order valence-corrected chi connectivity index (χ1v) is 8.60. The molecule has 5 heteroatoms. The maximum absolute atomic E-state index is 11.4. The third-order valence-electron chi connectivity index (χ3n) is 3.83. The number of sulfone groups is 1. The van der Waals surface area contributed by atoms with Gasteiger partial charge in [0.05, 0.1) is 11.5 Å². The van der Waals surface area contributed by atoms with E-state index in [-0.39, 0.29) is 6.04 Å². The van der Waals surface area contributed by atoms with Crippen LogP contribution in [0.25, 0.3) is 0 Å². The maximum atomic E-state index is 11.4. The molecule has 1 N–H and O–H groups in total. The Morgan fingerprint density at radius 1 is 1.18 bits per heavy atom. The second-order valence-corrected chi connectivity index (χ2v) is 7.61. The van der Waals surface area contributed by atoms with Gasteiger partial charge in [0.15, 0.2) is 9.84 Å². The van der Waals surface area contributed by atoms with Crippen LogP contribution in [0.2, 0.25) is 0 Å². The minimum Gasteiger partial charge on any atom is -0.310 e. The minimum absolute atomic E-state index is 0.211. The van der Waals surface area contributed by atoms with Crippen molar-refractivity contribution in [2.75, 3.05) is 31.1 Å². The van der Waals surface area contributed by atoms with Crippen molar-refractivity contribution in [3.05, 3.63) is 0 Å². The number of hydrogen-bond acceptors (Lipinski definition) is 4. The highest BCUT2D eigenvalue weighted by Crippen LogP contribution is 2.16. The van der Waals surface area contributed by atoms with Crippen molar-refractivity contribution in [3.63, 3.8) is 0 Å². The molecule has 2 saturated heterocycles. The summed E-state index contributed by atoms with van der Waals surface area (Å²) in [6.07, 6.45) is 4.35. The predicted octanol–water partition coefficient (Wildman–Crippen LogP) is 0.638. The number of nitrogens with zero attached hydrogens (tertiary/aromatic N) is 1. The van der Waals surface area contributed by atoms with Crippen LogP contribution in [0, 0.1) is 0 Å². The Morgan fingerprint density at radius 2 is 1.88 bits per heavy atom. The molecule has 4 nitrogen and oxygen atoms in total. The van der Waals surface area contributed by atoms with Crippen LogP contribution in [-0.4, -0.2) is 56.5 Å². The lowest BCUT2D eigenvalue weighted by atomic mass is 10.0. The summed E-state index contributed by atoms with van der Waals surface area (Å²) >= 11 is 0. The molecule has 0 saturated carbocycles. The van der Waals surface area contributed by atoms with Crippen LogP contribution < -0.4 is 5.32 Å². The van der Waals surface area contributed by atoms with Crippen molar-refractivity contribution in [2.24, 2.45) is 0 Å². The zero-order chi connectivity index (χ0) is 12.3. The summed E-state index contributed by atoms with van der Waals surface area (Å²) in [5.41, 5.74) is 0. The number of rotatable bonds is 4. The fraction of sp³-hybridized carbons (Fsp3) is 1.00. The quantitative estimate of drug-likeness (QED) is 0.806. The van der Waals surface area contributed by atoms with Gasteiger partial charge in [-0.1, -0.05) is 6.92 Å². The van der Waals surface area contributed by atoms with Gasteiger partial charge in [0.1, 0.15) is 0 Å². The molecule has 17 heavy (non-hydrogen) atoms. The number of nitrogens with one attached hydrogen (secondary N) is 1. The fourth-order valence-corrected chi connectivity index (χ4v) is 4.59. The Balaban J connectivity index is 1.72. The molecule has 0 aromatic heterocycles. The van der Waals surface area contributed by atoms with Crippen molar-refractivity contribution in [3.8, 4) is 0 Å². The average molecular weight is 260 g/mol. The maximum Gasteiger partial charge on any atom is 0.151 e. The van der Waals surface area contributed by atoms with Crippen molar-refractivity contribution in [2.45, 2.75) is 44.7 Å². The molecule has 0 aromatic rings. The van der Waals surface area contributed by atoms with Crippen LogP contribution in [0.1, 0.15) is 32.6 Å². The van der Waals surface area contributed by atoms with Crippen LogP contribution >= 0.6 is 0 Å². The van der Waals surface area contributed by atoms with Gasteiger partial charge < -0.3 is 10.2 Å². The van der Waals surface area contributed by atoms with E-state index in [0.717, 1.165) is 32.4 Å². The SMILES string of the molecule is CCCN1CCC(NC2CCS(=O)(=O)C2)CC1. The van der Waals surface area contributed by atoms with Crippen LogP contribution in [0.4, 0.5) is 0 Å². The van der Waals surface area contributed by atoms with E-state index in [0.29, 0.717) is 17.5 Å². The number of hydrogen-bond donors (Lipinski definition) is 1.